The van der Waals surface area contributed by atoms with Crippen molar-refractivity contribution in [1.82, 2.24) is 10.2 Å². The molecule has 0 bridgehead atoms. The summed E-state index contributed by atoms with van der Waals surface area (Å²) < 4.78 is 5.38. The molecule has 7 unspecified atom stereocenters. The van der Waals surface area contributed by atoms with Gasteiger partial charge in [-0.25, -0.2) is 0 Å². The normalized spacial score (nSPS) is 34.1. The van der Waals surface area contributed by atoms with E-state index in [4.69, 9.17) is 4.74 Å². The third kappa shape index (κ3) is 5.30. The minimum absolute atomic E-state index is 0.0218. The summed E-state index contributed by atoms with van der Waals surface area (Å²) in [5, 5.41) is 14.3. The van der Waals surface area contributed by atoms with Crippen LogP contribution >= 0.6 is 0 Å². The third-order valence-corrected chi connectivity index (χ3v) is 9.02. The van der Waals surface area contributed by atoms with Gasteiger partial charge in [0.05, 0.1) is 24.4 Å². The topological polar surface area (TPSA) is 113 Å². The second-order valence-corrected chi connectivity index (χ2v) is 11.6. The fourth-order valence-corrected chi connectivity index (χ4v) is 7.17. The number of Topliss-reactive ketones (excluding diaryl/α,β-unsaturated/α-hetero) is 1. The lowest BCUT2D eigenvalue weighted by molar-refractivity contribution is -0.153. The molecule has 4 rings (SSSR count). The molecule has 2 fully saturated rings. The van der Waals surface area contributed by atoms with E-state index >= 15 is 0 Å². The molecule has 1 saturated heterocycles. The molecule has 2 aliphatic heterocycles. The Bertz CT molecular complexity index is 1040. The minimum Gasteiger partial charge on any atom is -0.385 e. The Kier molecular flexibility index (Phi) is 8.72. The average Bonchev–Trinajstić information content (AvgIpc) is 3.20. The molecule has 38 heavy (non-hydrogen) atoms. The van der Waals surface area contributed by atoms with E-state index in [9.17, 15) is 24.3 Å². The van der Waals surface area contributed by atoms with Crippen molar-refractivity contribution in [2.75, 3.05) is 26.3 Å². The van der Waals surface area contributed by atoms with E-state index in [-0.39, 0.29) is 47.1 Å². The van der Waals surface area contributed by atoms with Crippen molar-refractivity contribution in [3.63, 3.8) is 0 Å². The van der Waals surface area contributed by atoms with Gasteiger partial charge >= 0.3 is 0 Å². The molecule has 0 radical (unpaired) electrons. The van der Waals surface area contributed by atoms with Gasteiger partial charge in [0, 0.05) is 42.3 Å². The van der Waals surface area contributed by atoms with Gasteiger partial charge in [-0.1, -0.05) is 58.3 Å². The number of imide groups is 1. The van der Waals surface area contributed by atoms with E-state index in [1.807, 2.05) is 24.8 Å². The van der Waals surface area contributed by atoms with Gasteiger partial charge in [0.1, 0.15) is 0 Å². The number of fused-ring (bicyclic) bond motifs is 1. The number of carbonyl (C=O) groups excluding carboxylic acids is 4. The van der Waals surface area contributed by atoms with Crippen LogP contribution < -0.4 is 5.32 Å². The Balaban J connectivity index is 1.64. The average molecular weight is 527 g/mol. The molecule has 4 aliphatic rings. The number of ketones is 1. The first-order chi connectivity index (χ1) is 18.1. The predicted molar refractivity (Wildman–Crippen MR) is 143 cm³/mol. The van der Waals surface area contributed by atoms with E-state index in [1.54, 1.807) is 12.2 Å². The van der Waals surface area contributed by atoms with Crippen molar-refractivity contribution in [3.05, 3.63) is 36.0 Å². The van der Waals surface area contributed by atoms with Crippen LogP contribution in [0.15, 0.2) is 36.0 Å². The molecule has 208 valence electrons. The van der Waals surface area contributed by atoms with E-state index in [1.165, 1.54) is 0 Å². The van der Waals surface area contributed by atoms with Crippen molar-refractivity contribution in [2.24, 2.45) is 35.5 Å². The van der Waals surface area contributed by atoms with E-state index in [0.717, 1.165) is 19.3 Å². The van der Waals surface area contributed by atoms with Crippen LogP contribution in [-0.4, -0.2) is 65.4 Å². The number of nitrogens with zero attached hydrogens (tertiary/aromatic N) is 1. The maximum atomic E-state index is 14.2. The SMILES string of the molecule is C=CC(CCCCC)C1=C(C(=O)C2C(C)C=CC3(O)CC(C(=O)N4CCOCC4)CC(C)C23)C(=O)NC1=O. The number of carbonyl (C=O) groups is 4. The number of amides is 3. The van der Waals surface area contributed by atoms with Gasteiger partial charge in [0.15, 0.2) is 5.78 Å². The molecule has 1 saturated carbocycles. The Hall–Kier alpha value is -2.58. The summed E-state index contributed by atoms with van der Waals surface area (Å²) in [6.07, 6.45) is 9.52. The molecule has 0 aromatic heterocycles. The number of hydrogen-bond acceptors (Lipinski definition) is 6. The largest absolute Gasteiger partial charge is 0.385 e. The number of aliphatic hydroxyl groups is 1. The van der Waals surface area contributed by atoms with E-state index in [2.05, 4.69) is 18.8 Å². The quantitative estimate of drug-likeness (QED) is 0.207. The lowest BCUT2D eigenvalue weighted by Crippen LogP contribution is -2.57. The van der Waals surface area contributed by atoms with Crippen LogP contribution in [0.4, 0.5) is 0 Å². The fraction of sp³-hybridized carbons (Fsp3) is 0.667. The smallest absolute Gasteiger partial charge is 0.262 e. The van der Waals surface area contributed by atoms with Crippen LogP contribution in [0.1, 0.15) is 59.3 Å². The number of rotatable bonds is 9. The molecule has 0 spiro atoms. The zero-order valence-corrected chi connectivity index (χ0v) is 22.9. The second kappa shape index (κ2) is 11.7. The van der Waals surface area contributed by atoms with Crippen LogP contribution in [0, 0.1) is 35.5 Å². The van der Waals surface area contributed by atoms with Crippen LogP contribution in [0.5, 0.6) is 0 Å². The number of unbranched alkanes of at least 4 members (excludes halogenated alkanes) is 2. The zero-order valence-electron chi connectivity index (χ0n) is 22.9. The zero-order chi connectivity index (χ0) is 27.6. The van der Waals surface area contributed by atoms with E-state index < -0.39 is 35.0 Å². The summed E-state index contributed by atoms with van der Waals surface area (Å²) in [4.78, 5) is 55.2. The molecule has 8 heteroatoms. The highest BCUT2D eigenvalue weighted by Crippen LogP contribution is 2.51. The summed E-state index contributed by atoms with van der Waals surface area (Å²) in [5.41, 5.74) is -1.22. The first kappa shape index (κ1) is 28.4. The Labute approximate surface area is 225 Å². The number of nitrogens with one attached hydrogen (secondary N) is 1. The summed E-state index contributed by atoms with van der Waals surface area (Å²) >= 11 is 0. The molecule has 0 aromatic rings. The molecular weight excluding hydrogens is 484 g/mol. The van der Waals surface area contributed by atoms with E-state index in [0.29, 0.717) is 39.1 Å². The van der Waals surface area contributed by atoms with Crippen molar-refractivity contribution in [2.45, 2.75) is 64.9 Å². The molecule has 2 aliphatic carbocycles. The van der Waals surface area contributed by atoms with Crippen molar-refractivity contribution in [3.8, 4) is 0 Å². The standard InChI is InChI=1S/C30H42N2O6/c1-5-7-8-9-20(6-2)23-24(28(35)31-27(23)34)26(33)22-18(3)10-11-30(37)17-21(16-19(4)25(22)30)29(36)32-12-14-38-15-13-32/h6,10-11,18-22,25,37H,2,5,7-9,12-17H2,1,3-4H3,(H,31,34,35). The molecule has 0 aromatic carbocycles. The fourth-order valence-electron chi connectivity index (χ4n) is 7.17. The van der Waals surface area contributed by atoms with Crippen LogP contribution in [0.25, 0.3) is 0 Å². The number of hydrogen-bond donors (Lipinski definition) is 2. The van der Waals surface area contributed by atoms with Gasteiger partial charge in [0.2, 0.25) is 5.91 Å². The number of morpholine rings is 1. The van der Waals surface area contributed by atoms with Crippen LogP contribution in [0.2, 0.25) is 0 Å². The van der Waals surface area contributed by atoms with Crippen LogP contribution in [-0.2, 0) is 23.9 Å². The Morgan fingerprint density at radius 1 is 1.24 bits per heavy atom. The predicted octanol–water partition coefficient (Wildman–Crippen LogP) is 2.97. The highest BCUT2D eigenvalue weighted by atomic mass is 16.5. The lowest BCUT2D eigenvalue weighted by atomic mass is 9.55. The third-order valence-electron chi connectivity index (χ3n) is 9.02. The summed E-state index contributed by atoms with van der Waals surface area (Å²) in [6, 6.07) is 0. The Morgan fingerprint density at radius 3 is 2.61 bits per heavy atom. The summed E-state index contributed by atoms with van der Waals surface area (Å²) in [7, 11) is 0. The molecule has 2 heterocycles. The second-order valence-electron chi connectivity index (χ2n) is 11.6. The van der Waals surface area contributed by atoms with Gasteiger partial charge in [-0.3, -0.25) is 24.5 Å². The molecule has 3 amide bonds. The minimum atomic E-state index is -1.35. The monoisotopic (exact) mass is 526 g/mol. The Morgan fingerprint density at radius 2 is 1.95 bits per heavy atom. The summed E-state index contributed by atoms with van der Waals surface area (Å²) in [5.74, 6) is -3.83. The molecular formula is C30H42N2O6. The van der Waals surface area contributed by atoms with Gasteiger partial charge in [-0.15, -0.1) is 6.58 Å². The van der Waals surface area contributed by atoms with Gasteiger partial charge in [-0.05, 0) is 31.1 Å². The maximum Gasteiger partial charge on any atom is 0.262 e. The number of ether oxygens (including phenoxy) is 1. The molecule has 8 nitrogen and oxygen atoms in total. The first-order valence-electron chi connectivity index (χ1n) is 14.2. The molecule has 7 atom stereocenters. The highest BCUT2D eigenvalue weighted by molar-refractivity contribution is 6.33. The van der Waals surface area contributed by atoms with Crippen molar-refractivity contribution < 1.29 is 29.0 Å². The number of allylic oxidation sites excluding steroid dienone is 2. The molecule has 2 N–H and O–H groups in total. The van der Waals surface area contributed by atoms with Gasteiger partial charge < -0.3 is 14.7 Å². The first-order valence-corrected chi connectivity index (χ1v) is 14.2. The van der Waals surface area contributed by atoms with Gasteiger partial charge in [-0.2, -0.15) is 0 Å². The summed E-state index contributed by atoms with van der Waals surface area (Å²) in [6.45, 7) is 12.0. The van der Waals surface area contributed by atoms with Crippen LogP contribution in [0.3, 0.4) is 0 Å². The van der Waals surface area contributed by atoms with Crippen molar-refractivity contribution >= 4 is 23.5 Å². The highest BCUT2D eigenvalue weighted by Gasteiger charge is 2.56. The van der Waals surface area contributed by atoms with Crippen molar-refractivity contribution in [1.29, 1.82) is 0 Å². The maximum absolute atomic E-state index is 14.2. The lowest BCUT2D eigenvalue weighted by Gasteiger charge is -2.52. The van der Waals surface area contributed by atoms with Gasteiger partial charge in [0.25, 0.3) is 11.8 Å².